The summed E-state index contributed by atoms with van der Waals surface area (Å²) in [4.78, 5) is 14.1. The largest absolute Gasteiger partial charge is 0.494 e. The lowest BCUT2D eigenvalue weighted by atomic mass is 10.1. The molecule has 1 heterocycles. The molecule has 1 fully saturated rings. The van der Waals surface area contributed by atoms with Crippen LogP contribution < -0.4 is 10.1 Å². The van der Waals surface area contributed by atoms with Crippen LogP contribution in [0.4, 0.5) is 0 Å². The Morgan fingerprint density at radius 1 is 1.44 bits per heavy atom. The number of ether oxygens (including phenoxy) is 1. The van der Waals surface area contributed by atoms with Gasteiger partial charge < -0.3 is 15.0 Å². The molecular formula is C14H20N2O2. The average Bonchev–Trinajstić information content (AvgIpc) is 2.92. The van der Waals surface area contributed by atoms with Crippen LogP contribution in [0.3, 0.4) is 0 Å². The molecule has 1 unspecified atom stereocenters. The minimum atomic E-state index is 0.0757. The van der Waals surface area contributed by atoms with Crippen LogP contribution in [0.1, 0.15) is 23.7 Å². The number of nitrogens with one attached hydrogen (secondary N) is 1. The van der Waals surface area contributed by atoms with Crippen molar-refractivity contribution in [2.24, 2.45) is 0 Å². The van der Waals surface area contributed by atoms with Crippen molar-refractivity contribution in [1.82, 2.24) is 10.2 Å². The molecule has 0 saturated carbocycles. The van der Waals surface area contributed by atoms with Gasteiger partial charge in [-0.25, -0.2) is 0 Å². The monoisotopic (exact) mass is 248 g/mol. The maximum atomic E-state index is 12.3. The van der Waals surface area contributed by atoms with E-state index in [-0.39, 0.29) is 5.91 Å². The molecule has 0 aromatic heterocycles. The van der Waals surface area contributed by atoms with Crippen LogP contribution in [0, 0.1) is 0 Å². The Hall–Kier alpha value is -1.55. The van der Waals surface area contributed by atoms with Crippen molar-refractivity contribution in [2.45, 2.75) is 19.4 Å². The lowest BCUT2D eigenvalue weighted by molar-refractivity contribution is 0.0744. The molecular weight excluding hydrogens is 228 g/mol. The molecule has 1 aromatic rings. The molecule has 1 amide bonds. The lowest BCUT2D eigenvalue weighted by Gasteiger charge is -2.23. The van der Waals surface area contributed by atoms with Gasteiger partial charge in [-0.05, 0) is 44.2 Å². The number of nitrogens with zero attached hydrogens (tertiary/aromatic N) is 1. The quantitative estimate of drug-likeness (QED) is 0.878. The van der Waals surface area contributed by atoms with Gasteiger partial charge in [0.1, 0.15) is 5.75 Å². The summed E-state index contributed by atoms with van der Waals surface area (Å²) >= 11 is 0. The van der Waals surface area contributed by atoms with Crippen LogP contribution in [0.2, 0.25) is 0 Å². The zero-order valence-corrected chi connectivity index (χ0v) is 11.0. The van der Waals surface area contributed by atoms with E-state index in [0.717, 1.165) is 25.3 Å². The zero-order valence-electron chi connectivity index (χ0n) is 11.0. The van der Waals surface area contributed by atoms with Gasteiger partial charge in [0, 0.05) is 25.2 Å². The van der Waals surface area contributed by atoms with E-state index in [1.165, 1.54) is 0 Å². The summed E-state index contributed by atoms with van der Waals surface area (Å²) < 4.78 is 5.37. The first-order chi connectivity index (χ1) is 8.72. The van der Waals surface area contributed by atoms with Gasteiger partial charge in [-0.15, -0.1) is 0 Å². The van der Waals surface area contributed by atoms with E-state index in [1.54, 1.807) is 0 Å². The van der Waals surface area contributed by atoms with Crippen molar-refractivity contribution in [2.75, 3.05) is 26.7 Å². The third-order valence-electron chi connectivity index (χ3n) is 3.31. The average molecular weight is 248 g/mol. The molecule has 18 heavy (non-hydrogen) atoms. The Balaban J connectivity index is 2.03. The highest BCUT2D eigenvalue weighted by molar-refractivity contribution is 5.94. The first kappa shape index (κ1) is 12.9. The molecule has 1 atom stereocenters. The van der Waals surface area contributed by atoms with Crippen molar-refractivity contribution >= 4 is 5.91 Å². The molecule has 98 valence electrons. The molecule has 1 aromatic carbocycles. The number of carbonyl (C=O) groups excluding carboxylic acids is 1. The van der Waals surface area contributed by atoms with Crippen LogP contribution in [0.15, 0.2) is 24.3 Å². The first-order valence-corrected chi connectivity index (χ1v) is 6.43. The van der Waals surface area contributed by atoms with E-state index in [2.05, 4.69) is 5.32 Å². The van der Waals surface area contributed by atoms with Gasteiger partial charge in [-0.3, -0.25) is 4.79 Å². The predicted molar refractivity (Wildman–Crippen MR) is 71.0 cm³/mol. The third-order valence-corrected chi connectivity index (χ3v) is 3.31. The Kier molecular flexibility index (Phi) is 4.20. The van der Waals surface area contributed by atoms with Crippen molar-refractivity contribution in [3.05, 3.63) is 29.8 Å². The topological polar surface area (TPSA) is 41.6 Å². The fraction of sp³-hybridized carbons (Fsp3) is 0.500. The van der Waals surface area contributed by atoms with Gasteiger partial charge in [0.2, 0.25) is 0 Å². The highest BCUT2D eigenvalue weighted by Gasteiger charge is 2.23. The Labute approximate surface area is 108 Å². The van der Waals surface area contributed by atoms with Crippen molar-refractivity contribution in [3.8, 4) is 5.75 Å². The summed E-state index contributed by atoms with van der Waals surface area (Å²) in [6, 6.07) is 7.65. The minimum Gasteiger partial charge on any atom is -0.494 e. The van der Waals surface area contributed by atoms with Crippen LogP contribution in [-0.4, -0.2) is 43.6 Å². The number of amides is 1. The molecule has 1 aliphatic rings. The highest BCUT2D eigenvalue weighted by Crippen LogP contribution is 2.15. The van der Waals surface area contributed by atoms with Crippen LogP contribution in [0.5, 0.6) is 5.75 Å². The lowest BCUT2D eigenvalue weighted by Crippen LogP contribution is -2.38. The van der Waals surface area contributed by atoms with Gasteiger partial charge in [-0.2, -0.15) is 0 Å². The van der Waals surface area contributed by atoms with E-state index in [9.17, 15) is 4.79 Å². The number of hydrogen-bond acceptors (Lipinski definition) is 3. The summed E-state index contributed by atoms with van der Waals surface area (Å²) in [5.74, 6) is 0.881. The van der Waals surface area contributed by atoms with E-state index in [0.29, 0.717) is 18.2 Å². The minimum absolute atomic E-state index is 0.0757. The summed E-state index contributed by atoms with van der Waals surface area (Å²) in [5.41, 5.74) is 0.716. The maximum absolute atomic E-state index is 12.3. The molecule has 4 nitrogen and oxygen atoms in total. The molecule has 0 radical (unpaired) electrons. The molecule has 1 aliphatic heterocycles. The molecule has 1 N–H and O–H groups in total. The predicted octanol–water partition coefficient (Wildman–Crippen LogP) is 1.52. The summed E-state index contributed by atoms with van der Waals surface area (Å²) in [6.07, 6.45) is 1.03. The zero-order chi connectivity index (χ0) is 13.0. The number of rotatable bonds is 4. The fourth-order valence-corrected chi connectivity index (χ4v) is 2.20. The normalized spacial score (nSPS) is 18.7. The second kappa shape index (κ2) is 5.87. The van der Waals surface area contributed by atoms with Crippen LogP contribution >= 0.6 is 0 Å². The Morgan fingerprint density at radius 2 is 2.17 bits per heavy atom. The smallest absolute Gasteiger partial charge is 0.253 e. The van der Waals surface area contributed by atoms with Crippen molar-refractivity contribution in [3.63, 3.8) is 0 Å². The Morgan fingerprint density at radius 3 is 2.72 bits per heavy atom. The number of hydrogen-bond donors (Lipinski definition) is 1. The van der Waals surface area contributed by atoms with Crippen LogP contribution in [0.25, 0.3) is 0 Å². The van der Waals surface area contributed by atoms with E-state index in [4.69, 9.17) is 4.74 Å². The molecule has 0 spiro atoms. The summed E-state index contributed by atoms with van der Waals surface area (Å²) in [7, 11) is 1.87. The molecule has 4 heteroatoms. The fourth-order valence-electron chi connectivity index (χ4n) is 2.20. The van der Waals surface area contributed by atoms with E-state index >= 15 is 0 Å². The van der Waals surface area contributed by atoms with Crippen molar-refractivity contribution < 1.29 is 9.53 Å². The van der Waals surface area contributed by atoms with Gasteiger partial charge >= 0.3 is 0 Å². The summed E-state index contributed by atoms with van der Waals surface area (Å²) in [6.45, 7) is 4.46. The molecule has 1 saturated heterocycles. The van der Waals surface area contributed by atoms with Gasteiger partial charge in [0.05, 0.1) is 6.61 Å². The van der Waals surface area contributed by atoms with Gasteiger partial charge in [-0.1, -0.05) is 0 Å². The Bertz CT molecular complexity index is 397. The van der Waals surface area contributed by atoms with E-state index in [1.807, 2.05) is 43.1 Å². The first-order valence-electron chi connectivity index (χ1n) is 6.43. The van der Waals surface area contributed by atoms with Gasteiger partial charge in [0.25, 0.3) is 5.91 Å². The van der Waals surface area contributed by atoms with E-state index < -0.39 is 0 Å². The second-order valence-corrected chi connectivity index (χ2v) is 4.52. The number of likely N-dealkylation sites (N-methyl/N-ethyl adjacent to an activating group) is 1. The second-order valence-electron chi connectivity index (χ2n) is 4.52. The SMILES string of the molecule is CCOc1ccc(C(=O)N(C)C2CCNC2)cc1. The third kappa shape index (κ3) is 2.82. The summed E-state index contributed by atoms with van der Waals surface area (Å²) in [5, 5.41) is 3.27. The van der Waals surface area contributed by atoms with Gasteiger partial charge in [0.15, 0.2) is 0 Å². The van der Waals surface area contributed by atoms with Crippen LogP contribution in [-0.2, 0) is 0 Å². The van der Waals surface area contributed by atoms with Crippen molar-refractivity contribution in [1.29, 1.82) is 0 Å². The highest BCUT2D eigenvalue weighted by atomic mass is 16.5. The molecule has 2 rings (SSSR count). The standard InChI is InChI=1S/C14H20N2O2/c1-3-18-13-6-4-11(5-7-13)14(17)16(2)12-8-9-15-10-12/h4-7,12,15H,3,8-10H2,1-2H3. The number of benzene rings is 1. The maximum Gasteiger partial charge on any atom is 0.253 e. The molecule has 0 aliphatic carbocycles. The number of carbonyl (C=O) groups is 1. The molecule has 0 bridgehead atoms.